The Morgan fingerprint density at radius 2 is 2.10 bits per heavy atom. The van der Waals surface area contributed by atoms with E-state index in [1.165, 1.54) is 4.88 Å². The highest BCUT2D eigenvalue weighted by Crippen LogP contribution is 2.26. The molecule has 1 atom stereocenters. The standard InChI is InChI=1S/C15H25N3OS/c1-11(13(19)18-7-5-6-8-18)16-9-12-10-17-14(20-12)15(2,3)4/h10-11,16H,5-9H2,1-4H3. The van der Waals surface area contributed by atoms with Gasteiger partial charge in [-0.1, -0.05) is 20.8 Å². The number of thiazole rings is 1. The second-order valence-electron chi connectivity index (χ2n) is 6.52. The number of nitrogens with zero attached hydrogens (tertiary/aromatic N) is 2. The number of hydrogen-bond acceptors (Lipinski definition) is 4. The van der Waals surface area contributed by atoms with Gasteiger partial charge in [-0.15, -0.1) is 11.3 Å². The fourth-order valence-corrected chi connectivity index (χ4v) is 3.21. The van der Waals surface area contributed by atoms with E-state index in [2.05, 4.69) is 31.1 Å². The molecule has 20 heavy (non-hydrogen) atoms. The number of amides is 1. The molecule has 0 aromatic carbocycles. The molecule has 2 heterocycles. The second-order valence-corrected chi connectivity index (χ2v) is 7.63. The number of likely N-dealkylation sites (tertiary alicyclic amines) is 1. The molecule has 0 radical (unpaired) electrons. The van der Waals surface area contributed by atoms with Crippen molar-refractivity contribution < 1.29 is 4.79 Å². The lowest BCUT2D eigenvalue weighted by molar-refractivity contribution is -0.131. The van der Waals surface area contributed by atoms with Crippen molar-refractivity contribution in [1.82, 2.24) is 15.2 Å². The van der Waals surface area contributed by atoms with E-state index in [4.69, 9.17) is 0 Å². The van der Waals surface area contributed by atoms with Crippen LogP contribution in [0.25, 0.3) is 0 Å². The van der Waals surface area contributed by atoms with Gasteiger partial charge in [-0.05, 0) is 19.8 Å². The molecule has 1 aromatic rings. The van der Waals surface area contributed by atoms with Crippen molar-refractivity contribution in [3.63, 3.8) is 0 Å². The van der Waals surface area contributed by atoms with Gasteiger partial charge in [-0.3, -0.25) is 4.79 Å². The highest BCUT2D eigenvalue weighted by Gasteiger charge is 2.23. The van der Waals surface area contributed by atoms with Crippen LogP contribution < -0.4 is 5.32 Å². The summed E-state index contributed by atoms with van der Waals surface area (Å²) in [6, 6.07) is -0.117. The Kier molecular flexibility index (Phi) is 4.81. The molecule has 1 N–H and O–H groups in total. The first-order chi connectivity index (χ1) is 9.38. The Morgan fingerprint density at radius 3 is 2.65 bits per heavy atom. The van der Waals surface area contributed by atoms with Gasteiger partial charge in [0.2, 0.25) is 5.91 Å². The maximum Gasteiger partial charge on any atom is 0.239 e. The molecule has 1 aliphatic heterocycles. The molecule has 0 spiro atoms. The minimum atomic E-state index is -0.117. The van der Waals surface area contributed by atoms with E-state index in [9.17, 15) is 4.79 Å². The highest BCUT2D eigenvalue weighted by molar-refractivity contribution is 7.11. The van der Waals surface area contributed by atoms with Gasteiger partial charge in [0, 0.05) is 36.1 Å². The number of aromatic nitrogens is 1. The monoisotopic (exact) mass is 295 g/mol. The predicted octanol–water partition coefficient (Wildman–Crippen LogP) is 2.54. The number of carbonyl (C=O) groups excluding carboxylic acids is 1. The van der Waals surface area contributed by atoms with Gasteiger partial charge in [0.1, 0.15) is 0 Å². The molecule has 1 amide bonds. The molecular weight excluding hydrogens is 270 g/mol. The summed E-state index contributed by atoms with van der Waals surface area (Å²) in [5.74, 6) is 0.225. The molecule has 1 fully saturated rings. The van der Waals surface area contributed by atoms with E-state index in [-0.39, 0.29) is 17.4 Å². The quantitative estimate of drug-likeness (QED) is 0.928. The fraction of sp³-hybridized carbons (Fsp3) is 0.733. The van der Waals surface area contributed by atoms with E-state index in [0.29, 0.717) is 6.54 Å². The van der Waals surface area contributed by atoms with Crippen molar-refractivity contribution in [2.45, 2.75) is 58.5 Å². The molecule has 112 valence electrons. The van der Waals surface area contributed by atoms with Crippen molar-refractivity contribution in [2.24, 2.45) is 0 Å². The Morgan fingerprint density at radius 1 is 1.45 bits per heavy atom. The van der Waals surface area contributed by atoms with Gasteiger partial charge in [0.15, 0.2) is 0 Å². The summed E-state index contributed by atoms with van der Waals surface area (Å²) >= 11 is 1.73. The molecule has 5 heteroatoms. The molecule has 0 saturated carbocycles. The molecule has 1 saturated heterocycles. The summed E-state index contributed by atoms with van der Waals surface area (Å²) in [7, 11) is 0. The molecule has 4 nitrogen and oxygen atoms in total. The number of carbonyl (C=O) groups is 1. The third-order valence-electron chi connectivity index (χ3n) is 3.57. The fourth-order valence-electron chi connectivity index (χ4n) is 2.29. The molecule has 1 aliphatic rings. The minimum Gasteiger partial charge on any atom is -0.341 e. The first-order valence-electron chi connectivity index (χ1n) is 7.35. The zero-order valence-electron chi connectivity index (χ0n) is 12.9. The van der Waals surface area contributed by atoms with E-state index in [1.54, 1.807) is 11.3 Å². The molecule has 2 rings (SSSR count). The van der Waals surface area contributed by atoms with Crippen molar-refractivity contribution in [2.75, 3.05) is 13.1 Å². The van der Waals surface area contributed by atoms with Crippen LogP contribution in [0.3, 0.4) is 0 Å². The molecular formula is C15H25N3OS. The van der Waals surface area contributed by atoms with Crippen LogP contribution in [0, 0.1) is 0 Å². The van der Waals surface area contributed by atoms with Crippen LogP contribution in [-0.2, 0) is 16.8 Å². The maximum atomic E-state index is 12.2. The maximum absolute atomic E-state index is 12.2. The lowest BCUT2D eigenvalue weighted by Gasteiger charge is -2.20. The van der Waals surface area contributed by atoms with Crippen LogP contribution in [0.4, 0.5) is 0 Å². The highest BCUT2D eigenvalue weighted by atomic mass is 32.1. The number of nitrogens with one attached hydrogen (secondary N) is 1. The van der Waals surface area contributed by atoms with Gasteiger partial charge in [0.25, 0.3) is 0 Å². The SMILES string of the molecule is CC(NCc1cnc(C(C)(C)C)s1)C(=O)N1CCCC1. The summed E-state index contributed by atoms with van der Waals surface area (Å²) in [5, 5.41) is 4.47. The summed E-state index contributed by atoms with van der Waals surface area (Å²) < 4.78 is 0. The molecule has 0 bridgehead atoms. The smallest absolute Gasteiger partial charge is 0.239 e. The third kappa shape index (κ3) is 3.79. The molecule has 0 aliphatic carbocycles. The Hall–Kier alpha value is -0.940. The third-order valence-corrected chi connectivity index (χ3v) is 4.99. The topological polar surface area (TPSA) is 45.2 Å². The van der Waals surface area contributed by atoms with Crippen LogP contribution >= 0.6 is 11.3 Å². The van der Waals surface area contributed by atoms with Gasteiger partial charge in [0.05, 0.1) is 11.0 Å². The normalized spacial score (nSPS) is 17.5. The average Bonchev–Trinajstić information content (AvgIpc) is 3.04. The lowest BCUT2D eigenvalue weighted by atomic mass is 9.98. The van der Waals surface area contributed by atoms with Gasteiger partial charge in [-0.25, -0.2) is 4.98 Å². The van der Waals surface area contributed by atoms with E-state index in [1.807, 2.05) is 18.0 Å². The largest absolute Gasteiger partial charge is 0.341 e. The Balaban J connectivity index is 1.85. The van der Waals surface area contributed by atoms with Crippen molar-refractivity contribution in [3.8, 4) is 0 Å². The minimum absolute atomic E-state index is 0.0971. The summed E-state index contributed by atoms with van der Waals surface area (Å²) in [6.45, 7) is 11.0. The van der Waals surface area contributed by atoms with Crippen molar-refractivity contribution >= 4 is 17.2 Å². The van der Waals surface area contributed by atoms with E-state index >= 15 is 0 Å². The van der Waals surface area contributed by atoms with E-state index < -0.39 is 0 Å². The van der Waals surface area contributed by atoms with Crippen molar-refractivity contribution in [3.05, 3.63) is 16.1 Å². The second kappa shape index (κ2) is 6.22. The first kappa shape index (κ1) is 15.4. The lowest BCUT2D eigenvalue weighted by Crippen LogP contribution is -2.43. The number of hydrogen-bond donors (Lipinski definition) is 1. The van der Waals surface area contributed by atoms with Crippen LogP contribution in [0.15, 0.2) is 6.20 Å². The molecule has 1 aromatic heterocycles. The van der Waals surface area contributed by atoms with Gasteiger partial charge >= 0.3 is 0 Å². The predicted molar refractivity (Wildman–Crippen MR) is 82.9 cm³/mol. The molecule has 1 unspecified atom stereocenters. The zero-order valence-corrected chi connectivity index (χ0v) is 13.7. The van der Waals surface area contributed by atoms with Crippen LogP contribution in [-0.4, -0.2) is 34.9 Å². The average molecular weight is 295 g/mol. The van der Waals surface area contributed by atoms with Crippen molar-refractivity contribution in [1.29, 1.82) is 0 Å². The summed E-state index contributed by atoms with van der Waals surface area (Å²) in [4.78, 5) is 19.8. The number of rotatable bonds is 4. The van der Waals surface area contributed by atoms with Crippen LogP contribution in [0.5, 0.6) is 0 Å². The van der Waals surface area contributed by atoms with Gasteiger partial charge in [-0.2, -0.15) is 0 Å². The Labute approximate surface area is 125 Å². The van der Waals surface area contributed by atoms with Crippen LogP contribution in [0.2, 0.25) is 0 Å². The summed E-state index contributed by atoms with van der Waals surface area (Å²) in [5.41, 5.74) is 0.0971. The zero-order chi connectivity index (χ0) is 14.8. The van der Waals surface area contributed by atoms with Crippen LogP contribution in [0.1, 0.15) is 50.4 Å². The summed E-state index contributed by atoms with van der Waals surface area (Å²) in [6.07, 6.45) is 4.20. The van der Waals surface area contributed by atoms with Gasteiger partial charge < -0.3 is 10.2 Å². The first-order valence-corrected chi connectivity index (χ1v) is 8.17. The Bertz CT molecular complexity index is 458. The van der Waals surface area contributed by atoms with E-state index in [0.717, 1.165) is 30.9 Å².